The van der Waals surface area contributed by atoms with Crippen LogP contribution in [0.15, 0.2) is 48.8 Å². The lowest BCUT2D eigenvalue weighted by atomic mass is 9.90. The van der Waals surface area contributed by atoms with Gasteiger partial charge in [0.25, 0.3) is 11.8 Å². The number of rotatable bonds is 7. The lowest BCUT2D eigenvalue weighted by Gasteiger charge is -2.32. The molecule has 0 radical (unpaired) electrons. The number of amides is 2. The number of piperidine rings is 1. The Morgan fingerprint density at radius 2 is 1.76 bits per heavy atom. The Morgan fingerprint density at radius 3 is 2.45 bits per heavy atom. The number of carbonyl (C=O) groups excluding carboxylic acids is 2. The second-order valence-corrected chi connectivity index (χ2v) is 12.9. The summed E-state index contributed by atoms with van der Waals surface area (Å²) < 4.78 is 41.7. The highest BCUT2D eigenvalue weighted by atomic mass is 32.2. The van der Waals surface area contributed by atoms with Crippen molar-refractivity contribution in [3.05, 3.63) is 82.7 Å². The van der Waals surface area contributed by atoms with Crippen molar-refractivity contribution in [1.29, 1.82) is 0 Å². The fourth-order valence-electron chi connectivity index (χ4n) is 5.18. The molecule has 0 bridgehead atoms. The van der Waals surface area contributed by atoms with Gasteiger partial charge in [0.2, 0.25) is 16.0 Å². The minimum atomic E-state index is -3.80. The van der Waals surface area contributed by atoms with Crippen molar-refractivity contribution in [3.63, 3.8) is 0 Å². The van der Waals surface area contributed by atoms with Gasteiger partial charge >= 0.3 is 0 Å². The standard InChI is InChI=1S/C29H30FN7O4S/c1-17-3-4-18(2)23(13-17)33-26-14-24(29(39)36-11-9-19(10-12-36)20-5-8-25(30)31-15-20)34-27-22(16-32-37(26)27)28(38)35-42(40,41)21-6-7-21/h3-5,8,13-16,19,21,33H,6-7,9-12H2,1-2H3,(H,35,38). The van der Waals surface area contributed by atoms with E-state index >= 15 is 0 Å². The summed E-state index contributed by atoms with van der Waals surface area (Å²) in [4.78, 5) is 36.8. The third-order valence-electron chi connectivity index (χ3n) is 7.79. The molecule has 1 aromatic carbocycles. The number of halogens is 1. The molecule has 4 heterocycles. The van der Waals surface area contributed by atoms with E-state index in [9.17, 15) is 22.4 Å². The van der Waals surface area contributed by atoms with E-state index in [2.05, 4.69) is 25.1 Å². The van der Waals surface area contributed by atoms with Crippen LogP contribution >= 0.6 is 0 Å². The Hall–Kier alpha value is -4.39. The van der Waals surface area contributed by atoms with Crippen molar-refractivity contribution in [2.75, 3.05) is 18.4 Å². The van der Waals surface area contributed by atoms with Gasteiger partial charge in [0, 0.05) is 31.0 Å². The van der Waals surface area contributed by atoms with E-state index in [1.165, 1.54) is 23.0 Å². The molecule has 2 N–H and O–H groups in total. The Kier molecular flexibility index (Phi) is 7.13. The smallest absolute Gasteiger partial charge is 0.272 e. The summed E-state index contributed by atoms with van der Waals surface area (Å²) in [5.74, 6) is -1.15. The maximum Gasteiger partial charge on any atom is 0.272 e. The summed E-state index contributed by atoms with van der Waals surface area (Å²) in [5, 5.41) is 7.06. The first-order valence-corrected chi connectivity index (χ1v) is 15.3. The number of anilines is 2. The van der Waals surface area contributed by atoms with Gasteiger partial charge in [0.05, 0.1) is 11.4 Å². The van der Waals surface area contributed by atoms with Crippen molar-refractivity contribution in [3.8, 4) is 0 Å². The molecule has 13 heteroatoms. The van der Waals surface area contributed by atoms with Crippen molar-refractivity contribution in [1.82, 2.24) is 29.2 Å². The summed E-state index contributed by atoms with van der Waals surface area (Å²) in [6.07, 6.45) is 5.15. The summed E-state index contributed by atoms with van der Waals surface area (Å²) in [6, 6.07) is 10.6. The highest BCUT2D eigenvalue weighted by Gasteiger charge is 2.37. The van der Waals surface area contributed by atoms with Crippen molar-refractivity contribution < 1.29 is 22.4 Å². The summed E-state index contributed by atoms with van der Waals surface area (Å²) in [5.41, 5.74) is 3.79. The average Bonchev–Trinajstić information content (AvgIpc) is 3.75. The van der Waals surface area contributed by atoms with Gasteiger partial charge in [-0.05, 0) is 74.3 Å². The number of fused-ring (bicyclic) bond motifs is 1. The number of likely N-dealkylation sites (tertiary alicyclic amines) is 1. The van der Waals surface area contributed by atoms with E-state index in [-0.39, 0.29) is 28.7 Å². The molecule has 3 aromatic heterocycles. The normalized spacial score (nSPS) is 16.0. The predicted octanol–water partition coefficient (Wildman–Crippen LogP) is 3.87. The fraction of sp³-hybridized carbons (Fsp3) is 0.345. The van der Waals surface area contributed by atoms with Crippen LogP contribution in [0.2, 0.25) is 0 Å². The van der Waals surface area contributed by atoms with E-state index in [0.29, 0.717) is 44.6 Å². The van der Waals surface area contributed by atoms with Crippen LogP contribution in [0.5, 0.6) is 0 Å². The van der Waals surface area contributed by atoms with Crippen LogP contribution in [-0.2, 0) is 10.0 Å². The number of benzene rings is 1. The van der Waals surface area contributed by atoms with E-state index < -0.39 is 27.1 Å². The molecular weight excluding hydrogens is 561 g/mol. The largest absolute Gasteiger partial charge is 0.340 e. The molecule has 1 aliphatic carbocycles. The monoisotopic (exact) mass is 591 g/mol. The molecule has 42 heavy (non-hydrogen) atoms. The number of hydrogen-bond donors (Lipinski definition) is 2. The molecule has 218 valence electrons. The van der Waals surface area contributed by atoms with Crippen LogP contribution < -0.4 is 10.0 Å². The van der Waals surface area contributed by atoms with Gasteiger partial charge < -0.3 is 10.2 Å². The maximum atomic E-state index is 13.7. The third-order valence-corrected chi connectivity index (χ3v) is 9.61. The van der Waals surface area contributed by atoms with Gasteiger partial charge in [0.1, 0.15) is 17.1 Å². The Balaban J connectivity index is 1.32. The number of carbonyl (C=O) groups is 2. The molecule has 2 fully saturated rings. The van der Waals surface area contributed by atoms with Crippen molar-refractivity contribution in [2.24, 2.45) is 0 Å². The van der Waals surface area contributed by atoms with Gasteiger partial charge in [-0.2, -0.15) is 14.0 Å². The topological polar surface area (TPSA) is 139 Å². The van der Waals surface area contributed by atoms with E-state index in [0.717, 1.165) is 22.4 Å². The highest BCUT2D eigenvalue weighted by molar-refractivity contribution is 7.91. The number of aryl methyl sites for hydroxylation is 2. The minimum absolute atomic E-state index is 0.0552. The molecular formula is C29H30FN7O4S. The first-order valence-electron chi connectivity index (χ1n) is 13.8. The quantitative estimate of drug-likeness (QED) is 0.309. The predicted molar refractivity (Wildman–Crippen MR) is 154 cm³/mol. The Labute approximate surface area is 242 Å². The molecule has 2 amide bonds. The maximum absolute atomic E-state index is 13.7. The SMILES string of the molecule is Cc1ccc(C)c(Nc2cc(C(=O)N3CCC(c4ccc(F)nc4)CC3)nc3c(C(=O)NS(=O)(=O)C4CC4)cnn23)c1. The number of aromatic nitrogens is 4. The Bertz CT molecular complexity index is 1790. The van der Waals surface area contributed by atoms with Gasteiger partial charge in [-0.3, -0.25) is 9.59 Å². The molecule has 1 aliphatic heterocycles. The number of nitrogens with zero attached hydrogens (tertiary/aromatic N) is 5. The lowest BCUT2D eigenvalue weighted by molar-refractivity contribution is 0.0706. The first kappa shape index (κ1) is 27.8. The molecule has 6 rings (SSSR count). The molecule has 0 atom stereocenters. The molecule has 11 nitrogen and oxygen atoms in total. The minimum Gasteiger partial charge on any atom is -0.340 e. The van der Waals surface area contributed by atoms with E-state index in [1.807, 2.05) is 32.0 Å². The molecule has 4 aromatic rings. The second-order valence-electron chi connectivity index (χ2n) is 10.9. The second kappa shape index (κ2) is 10.8. The Morgan fingerprint density at radius 1 is 1.00 bits per heavy atom. The zero-order chi connectivity index (χ0) is 29.6. The van der Waals surface area contributed by atoms with Crippen LogP contribution in [0, 0.1) is 19.8 Å². The van der Waals surface area contributed by atoms with E-state index in [1.54, 1.807) is 17.0 Å². The number of pyridine rings is 1. The highest BCUT2D eigenvalue weighted by Crippen LogP contribution is 2.30. The number of nitrogens with one attached hydrogen (secondary N) is 2. The van der Waals surface area contributed by atoms with Crippen LogP contribution in [-0.4, -0.2) is 63.1 Å². The van der Waals surface area contributed by atoms with Gasteiger partial charge in [-0.25, -0.2) is 23.1 Å². The molecule has 1 saturated carbocycles. The fourth-order valence-corrected chi connectivity index (χ4v) is 6.47. The molecule has 1 saturated heterocycles. The number of sulfonamides is 1. The zero-order valence-electron chi connectivity index (χ0n) is 23.2. The van der Waals surface area contributed by atoms with Crippen LogP contribution in [0.3, 0.4) is 0 Å². The van der Waals surface area contributed by atoms with Gasteiger partial charge in [0.15, 0.2) is 5.65 Å². The average molecular weight is 592 g/mol. The summed E-state index contributed by atoms with van der Waals surface area (Å²) in [7, 11) is -3.80. The van der Waals surface area contributed by atoms with Gasteiger partial charge in [-0.1, -0.05) is 18.2 Å². The summed E-state index contributed by atoms with van der Waals surface area (Å²) >= 11 is 0. The zero-order valence-corrected chi connectivity index (χ0v) is 24.0. The van der Waals surface area contributed by atoms with Crippen molar-refractivity contribution >= 4 is 39.0 Å². The molecule has 0 spiro atoms. The molecule has 0 unspecified atom stereocenters. The van der Waals surface area contributed by atoms with E-state index in [4.69, 9.17) is 0 Å². The first-order chi connectivity index (χ1) is 20.1. The lowest BCUT2D eigenvalue weighted by Crippen LogP contribution is -2.38. The third kappa shape index (κ3) is 5.56. The summed E-state index contributed by atoms with van der Waals surface area (Å²) in [6.45, 7) is 4.82. The number of hydrogen-bond acceptors (Lipinski definition) is 8. The van der Waals surface area contributed by atoms with Crippen molar-refractivity contribution in [2.45, 2.75) is 50.7 Å². The van der Waals surface area contributed by atoms with Crippen LogP contribution in [0.4, 0.5) is 15.9 Å². The van der Waals surface area contributed by atoms with Crippen LogP contribution in [0.1, 0.15) is 69.1 Å². The molecule has 2 aliphatic rings. The van der Waals surface area contributed by atoms with Gasteiger partial charge in [-0.15, -0.1) is 0 Å². The van der Waals surface area contributed by atoms with Crippen LogP contribution in [0.25, 0.3) is 5.65 Å².